The first-order valence-electron chi connectivity index (χ1n) is 6.32. The highest BCUT2D eigenvalue weighted by Gasteiger charge is 2.12. The van der Waals surface area contributed by atoms with Gasteiger partial charge in [0.15, 0.2) is 0 Å². The summed E-state index contributed by atoms with van der Waals surface area (Å²) in [5.74, 6) is 0.899. The molecule has 0 unspecified atom stereocenters. The lowest BCUT2D eigenvalue weighted by Crippen LogP contribution is -2.37. The second-order valence-corrected chi connectivity index (χ2v) is 4.97. The molecule has 0 bridgehead atoms. The van der Waals surface area contributed by atoms with E-state index in [0.717, 1.165) is 19.0 Å². The van der Waals surface area contributed by atoms with Crippen molar-refractivity contribution >= 4 is 0 Å². The highest BCUT2D eigenvalue weighted by Crippen LogP contribution is 2.09. The molecule has 0 aromatic heterocycles. The van der Waals surface area contributed by atoms with Crippen LogP contribution < -0.4 is 10.6 Å². The smallest absolute Gasteiger partial charge is 0.0106 e. The summed E-state index contributed by atoms with van der Waals surface area (Å²) in [6.07, 6.45) is 2.68. The third-order valence-corrected chi connectivity index (χ3v) is 3.41. The van der Waals surface area contributed by atoms with Crippen LogP contribution in [0.5, 0.6) is 0 Å². The first-order chi connectivity index (χ1) is 7.20. The molecule has 3 nitrogen and oxygen atoms in total. The summed E-state index contributed by atoms with van der Waals surface area (Å²) < 4.78 is 0. The van der Waals surface area contributed by atoms with Crippen molar-refractivity contribution in [3.63, 3.8) is 0 Å². The van der Waals surface area contributed by atoms with Crippen LogP contribution in [0.25, 0.3) is 0 Å². The molecule has 0 aromatic rings. The Morgan fingerprint density at radius 2 is 2.00 bits per heavy atom. The van der Waals surface area contributed by atoms with Crippen LogP contribution in [-0.4, -0.2) is 50.7 Å². The third kappa shape index (κ3) is 5.50. The zero-order valence-corrected chi connectivity index (χ0v) is 10.6. The standard InChI is InChI=1S/C12H27N3/c1-11(2)15(3)9-8-14-10-12-4-6-13-7-5-12/h11-14H,4-10H2,1-3H3. The summed E-state index contributed by atoms with van der Waals surface area (Å²) in [6.45, 7) is 10.4. The molecule has 3 heteroatoms. The summed E-state index contributed by atoms with van der Waals surface area (Å²) in [5, 5.41) is 6.97. The van der Waals surface area contributed by atoms with Crippen molar-refractivity contribution in [3.05, 3.63) is 0 Å². The molecule has 0 amide bonds. The zero-order valence-electron chi connectivity index (χ0n) is 10.6. The fourth-order valence-electron chi connectivity index (χ4n) is 1.91. The largest absolute Gasteiger partial charge is 0.317 e. The lowest BCUT2D eigenvalue weighted by Gasteiger charge is -2.24. The molecule has 0 radical (unpaired) electrons. The van der Waals surface area contributed by atoms with Gasteiger partial charge in [-0.3, -0.25) is 0 Å². The highest BCUT2D eigenvalue weighted by molar-refractivity contribution is 4.70. The topological polar surface area (TPSA) is 27.3 Å². The molecule has 0 aliphatic carbocycles. The first kappa shape index (κ1) is 12.9. The summed E-state index contributed by atoms with van der Waals surface area (Å²) >= 11 is 0. The molecular weight excluding hydrogens is 186 g/mol. The van der Waals surface area contributed by atoms with Crippen molar-refractivity contribution in [3.8, 4) is 0 Å². The van der Waals surface area contributed by atoms with Crippen molar-refractivity contribution in [2.24, 2.45) is 5.92 Å². The van der Waals surface area contributed by atoms with Crippen molar-refractivity contribution in [2.75, 3.05) is 39.8 Å². The van der Waals surface area contributed by atoms with Crippen LogP contribution in [0.2, 0.25) is 0 Å². The maximum Gasteiger partial charge on any atom is 0.0106 e. The SMILES string of the molecule is CC(C)N(C)CCNCC1CCNCC1. The van der Waals surface area contributed by atoms with Gasteiger partial charge in [0.1, 0.15) is 0 Å². The highest BCUT2D eigenvalue weighted by atomic mass is 15.1. The van der Waals surface area contributed by atoms with Crippen LogP contribution in [0.4, 0.5) is 0 Å². The molecule has 90 valence electrons. The van der Waals surface area contributed by atoms with E-state index in [1.165, 1.54) is 32.5 Å². The predicted octanol–water partition coefficient (Wildman–Crippen LogP) is 0.916. The van der Waals surface area contributed by atoms with Crippen molar-refractivity contribution in [2.45, 2.75) is 32.7 Å². The van der Waals surface area contributed by atoms with Gasteiger partial charge >= 0.3 is 0 Å². The van der Waals surface area contributed by atoms with Crippen molar-refractivity contribution in [1.29, 1.82) is 0 Å². The summed E-state index contributed by atoms with van der Waals surface area (Å²) in [6, 6.07) is 0.658. The molecular formula is C12H27N3. The van der Waals surface area contributed by atoms with E-state index < -0.39 is 0 Å². The van der Waals surface area contributed by atoms with Crippen LogP contribution in [0.3, 0.4) is 0 Å². The quantitative estimate of drug-likeness (QED) is 0.642. The van der Waals surface area contributed by atoms with E-state index in [4.69, 9.17) is 0 Å². The van der Waals surface area contributed by atoms with E-state index in [1.807, 2.05) is 0 Å². The van der Waals surface area contributed by atoms with Gasteiger partial charge in [0.05, 0.1) is 0 Å². The Hall–Kier alpha value is -0.120. The average Bonchev–Trinajstić information content (AvgIpc) is 2.25. The van der Waals surface area contributed by atoms with Gasteiger partial charge in [0.2, 0.25) is 0 Å². The number of hydrogen-bond donors (Lipinski definition) is 2. The van der Waals surface area contributed by atoms with Gasteiger partial charge in [-0.05, 0) is 59.3 Å². The fraction of sp³-hybridized carbons (Fsp3) is 1.00. The Bertz CT molecular complexity index is 153. The minimum Gasteiger partial charge on any atom is -0.317 e. The van der Waals surface area contributed by atoms with Gasteiger partial charge in [0.25, 0.3) is 0 Å². The molecule has 0 atom stereocenters. The second kappa shape index (κ2) is 7.20. The van der Waals surface area contributed by atoms with Gasteiger partial charge in [-0.2, -0.15) is 0 Å². The summed E-state index contributed by atoms with van der Waals surface area (Å²) in [5.41, 5.74) is 0. The van der Waals surface area contributed by atoms with E-state index in [-0.39, 0.29) is 0 Å². The summed E-state index contributed by atoms with van der Waals surface area (Å²) in [7, 11) is 2.19. The molecule has 1 fully saturated rings. The number of piperidine rings is 1. The normalized spacial score (nSPS) is 19.0. The minimum absolute atomic E-state index is 0.658. The van der Waals surface area contributed by atoms with E-state index in [9.17, 15) is 0 Å². The maximum atomic E-state index is 3.57. The Morgan fingerprint density at radius 1 is 1.33 bits per heavy atom. The summed E-state index contributed by atoms with van der Waals surface area (Å²) in [4.78, 5) is 2.38. The monoisotopic (exact) mass is 213 g/mol. The van der Waals surface area contributed by atoms with Gasteiger partial charge < -0.3 is 15.5 Å². The molecule has 0 saturated carbocycles. The molecule has 1 aliphatic heterocycles. The number of nitrogens with one attached hydrogen (secondary N) is 2. The van der Waals surface area contributed by atoms with E-state index in [0.29, 0.717) is 6.04 Å². The molecule has 1 rings (SSSR count). The van der Waals surface area contributed by atoms with Gasteiger partial charge in [-0.1, -0.05) is 0 Å². The van der Waals surface area contributed by atoms with Crippen molar-refractivity contribution < 1.29 is 0 Å². The Labute approximate surface area is 94.6 Å². The van der Waals surface area contributed by atoms with Crippen LogP contribution in [-0.2, 0) is 0 Å². The first-order valence-corrected chi connectivity index (χ1v) is 6.32. The Kier molecular flexibility index (Phi) is 6.22. The lowest BCUT2D eigenvalue weighted by atomic mass is 9.98. The zero-order chi connectivity index (χ0) is 11.1. The Balaban J connectivity index is 1.96. The minimum atomic E-state index is 0.658. The third-order valence-electron chi connectivity index (χ3n) is 3.41. The lowest BCUT2D eigenvalue weighted by molar-refractivity contribution is 0.267. The molecule has 0 aromatic carbocycles. The molecule has 15 heavy (non-hydrogen) atoms. The van der Waals surface area contributed by atoms with Crippen LogP contribution >= 0.6 is 0 Å². The molecule has 1 aliphatic rings. The molecule has 1 heterocycles. The van der Waals surface area contributed by atoms with Gasteiger partial charge in [-0.15, -0.1) is 0 Å². The van der Waals surface area contributed by atoms with E-state index >= 15 is 0 Å². The van der Waals surface area contributed by atoms with Crippen LogP contribution in [0, 0.1) is 5.92 Å². The number of likely N-dealkylation sites (N-methyl/N-ethyl adjacent to an activating group) is 1. The van der Waals surface area contributed by atoms with Crippen LogP contribution in [0.15, 0.2) is 0 Å². The average molecular weight is 213 g/mol. The fourth-order valence-corrected chi connectivity index (χ4v) is 1.91. The molecule has 2 N–H and O–H groups in total. The molecule has 0 spiro atoms. The second-order valence-electron chi connectivity index (χ2n) is 4.97. The number of nitrogens with zero attached hydrogens (tertiary/aromatic N) is 1. The van der Waals surface area contributed by atoms with E-state index in [2.05, 4.69) is 36.4 Å². The van der Waals surface area contributed by atoms with Gasteiger partial charge in [-0.25, -0.2) is 0 Å². The maximum absolute atomic E-state index is 3.57. The van der Waals surface area contributed by atoms with E-state index in [1.54, 1.807) is 0 Å². The number of rotatable bonds is 6. The van der Waals surface area contributed by atoms with Gasteiger partial charge in [0, 0.05) is 19.1 Å². The Morgan fingerprint density at radius 3 is 2.60 bits per heavy atom. The van der Waals surface area contributed by atoms with Crippen molar-refractivity contribution in [1.82, 2.24) is 15.5 Å². The van der Waals surface area contributed by atoms with Crippen LogP contribution in [0.1, 0.15) is 26.7 Å². The number of hydrogen-bond acceptors (Lipinski definition) is 3. The molecule has 1 saturated heterocycles. The predicted molar refractivity (Wildman–Crippen MR) is 66.2 cm³/mol.